The van der Waals surface area contributed by atoms with Crippen molar-refractivity contribution in [1.29, 1.82) is 0 Å². The number of rotatable bonds is 5. The molecule has 0 aliphatic rings. The molecule has 0 radical (unpaired) electrons. The van der Waals surface area contributed by atoms with E-state index in [0.29, 0.717) is 21.8 Å². The molecule has 4 aromatic rings. The van der Waals surface area contributed by atoms with Crippen LogP contribution < -0.4 is 0 Å². The van der Waals surface area contributed by atoms with Crippen molar-refractivity contribution >= 4 is 34.8 Å². The van der Waals surface area contributed by atoms with Gasteiger partial charge in [-0.15, -0.1) is 0 Å². The first kappa shape index (κ1) is 17.5. The minimum Gasteiger partial charge on any atom is -0.457 e. The molecule has 0 fully saturated rings. The van der Waals surface area contributed by atoms with Gasteiger partial charge in [-0.25, -0.2) is 0 Å². The molecule has 0 saturated carbocycles. The van der Waals surface area contributed by atoms with Crippen LogP contribution in [0.5, 0.6) is 0 Å². The number of hydrogen-bond donors (Lipinski definition) is 0. The van der Waals surface area contributed by atoms with Crippen LogP contribution in [0.4, 0.5) is 0 Å². The number of benzene rings is 3. The van der Waals surface area contributed by atoms with Gasteiger partial charge in [-0.3, -0.25) is 4.79 Å². The lowest BCUT2D eigenvalue weighted by molar-refractivity contribution is -0.108. The van der Waals surface area contributed by atoms with Crippen molar-refractivity contribution in [1.82, 2.24) is 0 Å². The SMILES string of the molecule is Cc1cc(-c2cccc(Cl)c2)cc(C)c1C(C=O)C(=O)c1cc2ccc1o2. The van der Waals surface area contributed by atoms with E-state index < -0.39 is 5.92 Å². The van der Waals surface area contributed by atoms with E-state index >= 15 is 0 Å². The van der Waals surface area contributed by atoms with Crippen LogP contribution in [0.15, 0.2) is 59.0 Å². The lowest BCUT2D eigenvalue weighted by atomic mass is 9.84. The Morgan fingerprint density at radius 1 is 1.00 bits per heavy atom. The Balaban J connectivity index is 1.76. The number of fused-ring (bicyclic) bond motifs is 2. The molecule has 0 aliphatic heterocycles. The first-order chi connectivity index (χ1) is 13.0. The number of aryl methyl sites for hydroxylation is 2. The number of carbonyl (C=O) groups excluding carboxylic acids is 2. The molecule has 2 aromatic heterocycles. The van der Waals surface area contributed by atoms with Crippen molar-refractivity contribution in [2.45, 2.75) is 19.8 Å². The quantitative estimate of drug-likeness (QED) is 0.245. The number of hydrogen-bond acceptors (Lipinski definition) is 3. The van der Waals surface area contributed by atoms with Gasteiger partial charge < -0.3 is 9.21 Å². The summed E-state index contributed by atoms with van der Waals surface area (Å²) < 4.78 is 5.47. The molecular weight excluding hydrogens is 360 g/mol. The molecule has 27 heavy (non-hydrogen) atoms. The van der Waals surface area contributed by atoms with Crippen LogP contribution in [0.1, 0.15) is 33.0 Å². The van der Waals surface area contributed by atoms with Crippen molar-refractivity contribution in [3.63, 3.8) is 0 Å². The van der Waals surface area contributed by atoms with E-state index in [0.717, 1.165) is 34.1 Å². The summed E-state index contributed by atoms with van der Waals surface area (Å²) in [5.74, 6) is -1.09. The molecule has 1 atom stereocenters. The van der Waals surface area contributed by atoms with E-state index in [1.807, 2.05) is 50.2 Å². The lowest BCUT2D eigenvalue weighted by Crippen LogP contribution is -2.16. The third kappa shape index (κ3) is 3.04. The molecule has 4 rings (SSSR count). The second-order valence-electron chi connectivity index (χ2n) is 6.77. The molecule has 2 aromatic carbocycles. The van der Waals surface area contributed by atoms with Gasteiger partial charge >= 0.3 is 0 Å². The van der Waals surface area contributed by atoms with Gasteiger partial charge in [0.15, 0.2) is 5.78 Å². The van der Waals surface area contributed by atoms with Crippen LogP contribution in [0.3, 0.4) is 0 Å². The zero-order chi connectivity index (χ0) is 19.1. The van der Waals surface area contributed by atoms with E-state index in [1.165, 1.54) is 0 Å². The van der Waals surface area contributed by atoms with Gasteiger partial charge in [-0.1, -0.05) is 35.9 Å². The van der Waals surface area contributed by atoms with Gasteiger partial charge in [-0.2, -0.15) is 0 Å². The molecule has 0 spiro atoms. The van der Waals surface area contributed by atoms with E-state index in [1.54, 1.807) is 18.2 Å². The maximum Gasteiger partial charge on any atom is 0.181 e. The van der Waals surface area contributed by atoms with Crippen molar-refractivity contribution in [3.8, 4) is 11.1 Å². The Labute approximate surface area is 161 Å². The van der Waals surface area contributed by atoms with Crippen LogP contribution in [0.2, 0.25) is 5.02 Å². The molecule has 134 valence electrons. The number of ketones is 1. The summed E-state index contributed by atoms with van der Waals surface area (Å²) in [6, 6.07) is 16.9. The van der Waals surface area contributed by atoms with Crippen LogP contribution in [-0.4, -0.2) is 12.1 Å². The molecule has 4 heteroatoms. The van der Waals surface area contributed by atoms with Gasteiger partial charge in [0, 0.05) is 5.02 Å². The molecule has 0 aliphatic carbocycles. The summed E-state index contributed by atoms with van der Waals surface area (Å²) in [7, 11) is 0. The van der Waals surface area contributed by atoms with Crippen molar-refractivity contribution in [3.05, 3.63) is 81.9 Å². The highest BCUT2D eigenvalue weighted by atomic mass is 35.5. The van der Waals surface area contributed by atoms with Gasteiger partial charge in [0.1, 0.15) is 23.4 Å². The second-order valence-corrected chi connectivity index (χ2v) is 7.21. The van der Waals surface area contributed by atoms with Crippen LogP contribution >= 0.6 is 11.6 Å². The molecule has 2 bridgehead atoms. The van der Waals surface area contributed by atoms with Crippen molar-refractivity contribution in [2.24, 2.45) is 0 Å². The molecular formula is C23H17ClO3. The fraction of sp³-hybridized carbons (Fsp3) is 0.130. The normalized spacial score (nSPS) is 12.4. The highest BCUT2D eigenvalue weighted by Crippen LogP contribution is 2.33. The summed E-state index contributed by atoms with van der Waals surface area (Å²) in [5.41, 5.74) is 6.16. The van der Waals surface area contributed by atoms with Crippen molar-refractivity contribution < 1.29 is 14.0 Å². The van der Waals surface area contributed by atoms with E-state index in [2.05, 4.69) is 0 Å². The zero-order valence-electron chi connectivity index (χ0n) is 15.0. The average molecular weight is 377 g/mol. The zero-order valence-corrected chi connectivity index (χ0v) is 15.7. The maximum absolute atomic E-state index is 13.0. The smallest absolute Gasteiger partial charge is 0.181 e. The Bertz CT molecular complexity index is 1130. The van der Waals surface area contributed by atoms with Gasteiger partial charge in [-0.05, 0) is 72.0 Å². The molecule has 1 unspecified atom stereocenters. The lowest BCUT2D eigenvalue weighted by Gasteiger charge is -2.17. The standard InChI is InChI=1S/C23H17ClO3/c1-13-8-16(15-4-3-5-17(24)10-15)9-14(2)22(13)20(12-25)23(26)19-11-18-6-7-21(19)27-18/h3-12,20H,1-2H3. The highest BCUT2D eigenvalue weighted by Gasteiger charge is 2.28. The minimum absolute atomic E-state index is 0.235. The second kappa shape index (κ2) is 6.67. The van der Waals surface area contributed by atoms with Crippen LogP contribution in [0, 0.1) is 13.8 Å². The predicted molar refractivity (Wildman–Crippen MR) is 107 cm³/mol. The van der Waals surface area contributed by atoms with Crippen LogP contribution in [0.25, 0.3) is 22.3 Å². The largest absolute Gasteiger partial charge is 0.457 e. The molecule has 3 nitrogen and oxygen atoms in total. The first-order valence-electron chi connectivity index (χ1n) is 8.66. The fourth-order valence-electron chi connectivity index (χ4n) is 3.71. The van der Waals surface area contributed by atoms with Crippen molar-refractivity contribution in [2.75, 3.05) is 0 Å². The Kier molecular flexibility index (Phi) is 4.33. The molecule has 0 N–H and O–H groups in total. The monoisotopic (exact) mass is 376 g/mol. The number of carbonyl (C=O) groups is 2. The molecule has 2 heterocycles. The average Bonchev–Trinajstić information content (AvgIpc) is 3.27. The molecule has 0 saturated heterocycles. The number of halogens is 1. The van der Waals surface area contributed by atoms with E-state index in [4.69, 9.17) is 16.0 Å². The van der Waals surface area contributed by atoms with E-state index in [-0.39, 0.29) is 5.78 Å². The summed E-state index contributed by atoms with van der Waals surface area (Å²) in [6.07, 6.45) is 0.721. The highest BCUT2D eigenvalue weighted by molar-refractivity contribution is 6.30. The predicted octanol–water partition coefficient (Wildman–Crippen LogP) is 5.97. The summed E-state index contributed by atoms with van der Waals surface area (Å²) in [6.45, 7) is 3.85. The third-order valence-corrected chi connectivity index (χ3v) is 5.16. The van der Waals surface area contributed by atoms with Gasteiger partial charge in [0.25, 0.3) is 0 Å². The van der Waals surface area contributed by atoms with Gasteiger partial charge in [0.05, 0.1) is 5.56 Å². The first-order valence-corrected chi connectivity index (χ1v) is 9.04. The fourth-order valence-corrected chi connectivity index (χ4v) is 3.90. The summed E-state index contributed by atoms with van der Waals surface area (Å²) >= 11 is 6.10. The number of Topliss-reactive ketones (excluding diaryl/α,β-unsaturated/α-hetero) is 1. The minimum atomic E-state index is -0.853. The third-order valence-electron chi connectivity index (χ3n) is 4.93. The van der Waals surface area contributed by atoms with Gasteiger partial charge in [0.2, 0.25) is 0 Å². The summed E-state index contributed by atoms with van der Waals surface area (Å²) in [5, 5.41) is 0.665. The van der Waals surface area contributed by atoms with E-state index in [9.17, 15) is 9.59 Å². The number of aldehydes is 1. The maximum atomic E-state index is 13.0. The Hall–Kier alpha value is -2.91. The number of furan rings is 2. The summed E-state index contributed by atoms with van der Waals surface area (Å²) in [4.78, 5) is 24.9. The van der Waals surface area contributed by atoms with Crippen LogP contribution in [-0.2, 0) is 4.79 Å². The molecule has 0 amide bonds. The Morgan fingerprint density at radius 3 is 2.30 bits per heavy atom. The topological polar surface area (TPSA) is 47.3 Å². The Morgan fingerprint density at radius 2 is 1.74 bits per heavy atom.